The van der Waals surface area contributed by atoms with Crippen molar-refractivity contribution in [2.75, 3.05) is 19.6 Å². The standard InChI is InChI=1S/C14H28N2O.C2H6/c1-14(2)9-7-11-16(12-14)10-6-4-3-5-8-13(15)17;1-2/h3-12H2,1-2H3,(H2,15,17);1-2H3. The van der Waals surface area contributed by atoms with Crippen LogP contribution in [-0.4, -0.2) is 30.4 Å². The Kier molecular flexibility index (Phi) is 9.94. The summed E-state index contributed by atoms with van der Waals surface area (Å²) in [5.41, 5.74) is 5.61. The van der Waals surface area contributed by atoms with Crippen LogP contribution in [0, 0.1) is 5.41 Å². The minimum atomic E-state index is -0.164. The lowest BCUT2D eigenvalue weighted by atomic mass is 9.84. The molecule has 1 aliphatic rings. The third-order valence-electron chi connectivity index (χ3n) is 3.63. The minimum Gasteiger partial charge on any atom is -0.370 e. The van der Waals surface area contributed by atoms with Gasteiger partial charge in [-0.1, -0.05) is 40.5 Å². The van der Waals surface area contributed by atoms with Crippen molar-refractivity contribution in [3.63, 3.8) is 0 Å². The molecule has 1 rings (SSSR count). The maximum atomic E-state index is 10.6. The average molecular weight is 270 g/mol. The molecule has 3 nitrogen and oxygen atoms in total. The number of unbranched alkanes of at least 4 members (excludes halogenated alkanes) is 3. The van der Waals surface area contributed by atoms with Gasteiger partial charge in [0.1, 0.15) is 0 Å². The second-order valence-corrected chi connectivity index (χ2v) is 6.17. The first-order valence-electron chi connectivity index (χ1n) is 8.00. The Labute approximate surface area is 119 Å². The van der Waals surface area contributed by atoms with E-state index in [9.17, 15) is 4.79 Å². The zero-order valence-corrected chi connectivity index (χ0v) is 13.5. The van der Waals surface area contributed by atoms with Crippen LogP contribution < -0.4 is 5.73 Å². The normalized spacial score (nSPS) is 18.5. The summed E-state index contributed by atoms with van der Waals surface area (Å²) >= 11 is 0. The fraction of sp³-hybridized carbons (Fsp3) is 0.938. The van der Waals surface area contributed by atoms with E-state index in [1.165, 1.54) is 45.3 Å². The molecular weight excluding hydrogens is 236 g/mol. The number of piperidine rings is 1. The molecule has 0 aliphatic carbocycles. The summed E-state index contributed by atoms with van der Waals surface area (Å²) in [6.07, 6.45) is 7.84. The highest BCUT2D eigenvalue weighted by Crippen LogP contribution is 2.28. The Balaban J connectivity index is 0.00000154. The van der Waals surface area contributed by atoms with E-state index in [-0.39, 0.29) is 5.91 Å². The van der Waals surface area contributed by atoms with Crippen LogP contribution in [0.25, 0.3) is 0 Å². The zero-order valence-electron chi connectivity index (χ0n) is 13.5. The minimum absolute atomic E-state index is 0.164. The van der Waals surface area contributed by atoms with E-state index >= 15 is 0 Å². The van der Waals surface area contributed by atoms with Crippen molar-refractivity contribution < 1.29 is 4.79 Å². The summed E-state index contributed by atoms with van der Waals surface area (Å²) in [5, 5.41) is 0. The third-order valence-corrected chi connectivity index (χ3v) is 3.63. The zero-order chi connectivity index (χ0) is 14.7. The number of nitrogens with two attached hydrogens (primary N) is 1. The highest BCUT2D eigenvalue weighted by Gasteiger charge is 2.25. The first-order chi connectivity index (χ1) is 8.99. The highest BCUT2D eigenvalue weighted by atomic mass is 16.1. The number of primary amides is 1. The van der Waals surface area contributed by atoms with Crippen LogP contribution in [0.5, 0.6) is 0 Å². The summed E-state index contributed by atoms with van der Waals surface area (Å²) in [6, 6.07) is 0. The summed E-state index contributed by atoms with van der Waals surface area (Å²) in [5.74, 6) is -0.164. The summed E-state index contributed by atoms with van der Waals surface area (Å²) in [7, 11) is 0. The number of nitrogens with zero attached hydrogens (tertiary/aromatic N) is 1. The van der Waals surface area contributed by atoms with Gasteiger partial charge >= 0.3 is 0 Å². The number of hydrogen-bond donors (Lipinski definition) is 1. The first kappa shape index (κ1) is 18.4. The Morgan fingerprint density at radius 2 is 1.79 bits per heavy atom. The molecular formula is C16H34N2O. The van der Waals surface area contributed by atoms with Crippen LogP contribution in [0.15, 0.2) is 0 Å². The smallest absolute Gasteiger partial charge is 0.217 e. The van der Waals surface area contributed by atoms with E-state index < -0.39 is 0 Å². The predicted molar refractivity (Wildman–Crippen MR) is 83.1 cm³/mol. The topological polar surface area (TPSA) is 46.3 Å². The monoisotopic (exact) mass is 270 g/mol. The molecule has 2 N–H and O–H groups in total. The second-order valence-electron chi connectivity index (χ2n) is 6.17. The van der Waals surface area contributed by atoms with E-state index in [0.29, 0.717) is 11.8 Å². The van der Waals surface area contributed by atoms with Gasteiger partial charge in [0.2, 0.25) is 5.91 Å². The van der Waals surface area contributed by atoms with Crippen LogP contribution in [0.3, 0.4) is 0 Å². The molecule has 3 heteroatoms. The average Bonchev–Trinajstić information content (AvgIpc) is 2.34. The van der Waals surface area contributed by atoms with Gasteiger partial charge in [-0.2, -0.15) is 0 Å². The molecule has 0 saturated carbocycles. The predicted octanol–water partition coefficient (Wildman–Crippen LogP) is 3.57. The molecule has 0 radical (unpaired) electrons. The number of amides is 1. The van der Waals surface area contributed by atoms with E-state index in [2.05, 4.69) is 18.7 Å². The van der Waals surface area contributed by atoms with Gasteiger partial charge in [-0.15, -0.1) is 0 Å². The van der Waals surface area contributed by atoms with Crippen LogP contribution in [0.1, 0.15) is 72.6 Å². The molecule has 1 saturated heterocycles. The van der Waals surface area contributed by atoms with Crippen molar-refractivity contribution in [3.8, 4) is 0 Å². The van der Waals surface area contributed by atoms with Gasteiger partial charge in [0.25, 0.3) is 0 Å². The van der Waals surface area contributed by atoms with Gasteiger partial charge in [0.15, 0.2) is 0 Å². The lowest BCUT2D eigenvalue weighted by Gasteiger charge is -2.38. The Hall–Kier alpha value is -0.570. The molecule has 19 heavy (non-hydrogen) atoms. The third kappa shape index (κ3) is 9.94. The van der Waals surface area contributed by atoms with Gasteiger partial charge in [-0.3, -0.25) is 4.79 Å². The molecule has 1 amide bonds. The summed E-state index contributed by atoms with van der Waals surface area (Å²) < 4.78 is 0. The first-order valence-corrected chi connectivity index (χ1v) is 8.00. The van der Waals surface area contributed by atoms with Crippen molar-refractivity contribution >= 4 is 5.91 Å². The summed E-state index contributed by atoms with van der Waals surface area (Å²) in [6.45, 7) is 12.5. The number of carbonyl (C=O) groups excluding carboxylic acids is 1. The SMILES string of the molecule is CC.CC1(C)CCCN(CCCCCCC(N)=O)C1. The van der Waals surface area contributed by atoms with Crippen LogP contribution in [0.4, 0.5) is 0 Å². The Morgan fingerprint density at radius 3 is 2.37 bits per heavy atom. The molecule has 0 aromatic carbocycles. The molecule has 0 aromatic rings. The second kappa shape index (κ2) is 10.2. The summed E-state index contributed by atoms with van der Waals surface area (Å²) in [4.78, 5) is 13.2. The van der Waals surface area contributed by atoms with E-state index in [4.69, 9.17) is 5.73 Å². The van der Waals surface area contributed by atoms with Crippen LogP contribution >= 0.6 is 0 Å². The Morgan fingerprint density at radius 1 is 1.16 bits per heavy atom. The van der Waals surface area contributed by atoms with E-state index in [1.807, 2.05) is 13.8 Å². The molecule has 0 unspecified atom stereocenters. The van der Waals surface area contributed by atoms with E-state index in [0.717, 1.165) is 12.8 Å². The fourth-order valence-corrected chi connectivity index (χ4v) is 2.72. The van der Waals surface area contributed by atoms with Crippen molar-refractivity contribution in [1.29, 1.82) is 0 Å². The number of likely N-dealkylation sites (tertiary alicyclic amines) is 1. The van der Waals surface area contributed by atoms with Gasteiger partial charge in [-0.05, 0) is 44.2 Å². The van der Waals surface area contributed by atoms with Crippen molar-refractivity contribution in [3.05, 3.63) is 0 Å². The molecule has 0 atom stereocenters. The van der Waals surface area contributed by atoms with Gasteiger partial charge in [0, 0.05) is 13.0 Å². The molecule has 1 aliphatic heterocycles. The molecule has 0 spiro atoms. The number of rotatable bonds is 7. The lowest BCUT2D eigenvalue weighted by molar-refractivity contribution is -0.118. The maximum Gasteiger partial charge on any atom is 0.217 e. The number of hydrogen-bond acceptors (Lipinski definition) is 2. The number of carbonyl (C=O) groups is 1. The Bertz CT molecular complexity index is 239. The highest BCUT2D eigenvalue weighted by molar-refractivity contribution is 5.73. The molecule has 1 fully saturated rings. The van der Waals surface area contributed by atoms with E-state index in [1.54, 1.807) is 0 Å². The van der Waals surface area contributed by atoms with Crippen LogP contribution in [0.2, 0.25) is 0 Å². The van der Waals surface area contributed by atoms with Crippen molar-refractivity contribution in [1.82, 2.24) is 4.90 Å². The molecule has 0 bridgehead atoms. The molecule has 0 aromatic heterocycles. The van der Waals surface area contributed by atoms with Crippen molar-refractivity contribution in [2.45, 2.75) is 72.6 Å². The quantitative estimate of drug-likeness (QED) is 0.719. The van der Waals surface area contributed by atoms with Crippen molar-refractivity contribution in [2.24, 2.45) is 11.1 Å². The lowest BCUT2D eigenvalue weighted by Crippen LogP contribution is -2.40. The molecule has 114 valence electrons. The van der Waals surface area contributed by atoms with Gasteiger partial charge in [-0.25, -0.2) is 0 Å². The fourth-order valence-electron chi connectivity index (χ4n) is 2.72. The molecule has 1 heterocycles. The van der Waals surface area contributed by atoms with Gasteiger partial charge in [0.05, 0.1) is 0 Å². The van der Waals surface area contributed by atoms with Crippen LogP contribution in [-0.2, 0) is 4.79 Å². The van der Waals surface area contributed by atoms with Gasteiger partial charge < -0.3 is 10.6 Å². The maximum absolute atomic E-state index is 10.6. The largest absolute Gasteiger partial charge is 0.370 e.